The van der Waals surface area contributed by atoms with Crippen molar-refractivity contribution in [2.75, 3.05) is 26.4 Å². The first-order chi connectivity index (χ1) is 5.54. The Kier molecular flexibility index (Phi) is 10.6. The molecule has 0 unspecified atom stereocenters. The second-order valence-corrected chi connectivity index (χ2v) is 2.84. The van der Waals surface area contributed by atoms with Gasteiger partial charge in [0.2, 0.25) is 0 Å². The van der Waals surface area contributed by atoms with E-state index < -0.39 is 5.54 Å². The van der Waals surface area contributed by atoms with E-state index in [4.69, 9.17) is 26.8 Å². The minimum atomic E-state index is -0.806. The fourth-order valence-corrected chi connectivity index (χ4v) is 0.141. The Balaban J connectivity index is 0. The molecule has 0 aromatic heterocycles. The van der Waals surface area contributed by atoms with Crippen LogP contribution < -0.4 is 11.5 Å². The van der Waals surface area contributed by atoms with Gasteiger partial charge in [-0.15, -0.1) is 0 Å². The molecule has 0 heterocycles. The highest BCUT2D eigenvalue weighted by Gasteiger charge is 2.13. The van der Waals surface area contributed by atoms with Gasteiger partial charge in [-0.3, -0.25) is 0 Å². The quantitative estimate of drug-likeness (QED) is 0.344. The number of hydrogen-bond acceptors (Lipinski definition) is 5. The summed E-state index contributed by atoms with van der Waals surface area (Å²) in [6.45, 7) is 2.03. The number of aliphatic hydroxyl groups excluding tert-OH is 3. The van der Waals surface area contributed by atoms with E-state index in [1.165, 1.54) is 0 Å². The molecule has 5 nitrogen and oxygen atoms in total. The van der Waals surface area contributed by atoms with Gasteiger partial charge in [0.05, 0.1) is 18.8 Å². The van der Waals surface area contributed by atoms with E-state index in [1.807, 2.05) is 0 Å². The molecule has 0 fully saturated rings. The van der Waals surface area contributed by atoms with Crippen molar-refractivity contribution in [1.82, 2.24) is 0 Å². The van der Waals surface area contributed by atoms with Gasteiger partial charge in [0.25, 0.3) is 0 Å². The summed E-state index contributed by atoms with van der Waals surface area (Å²) in [5, 5.41) is 24.6. The van der Waals surface area contributed by atoms with E-state index in [2.05, 4.69) is 0 Å². The van der Waals surface area contributed by atoms with Gasteiger partial charge in [-0.2, -0.15) is 0 Å². The molecule has 0 aromatic rings. The lowest BCUT2D eigenvalue weighted by molar-refractivity contribution is 0.134. The molecule has 0 saturated heterocycles. The molecule has 0 spiro atoms. The molecule has 0 aromatic carbocycles. The van der Waals surface area contributed by atoms with E-state index in [0.29, 0.717) is 6.54 Å². The van der Waals surface area contributed by atoms with Gasteiger partial charge in [0, 0.05) is 6.61 Å². The second-order valence-electron chi connectivity index (χ2n) is 2.84. The van der Waals surface area contributed by atoms with E-state index in [0.717, 1.165) is 6.42 Å². The van der Waals surface area contributed by atoms with Crippen molar-refractivity contribution in [3.05, 3.63) is 0 Å². The van der Waals surface area contributed by atoms with Crippen LogP contribution in [0.15, 0.2) is 0 Å². The van der Waals surface area contributed by atoms with Crippen LogP contribution in [0.5, 0.6) is 0 Å². The third-order valence-electron chi connectivity index (χ3n) is 1.08. The maximum atomic E-state index is 8.31. The average molecular weight is 180 g/mol. The molecule has 0 aliphatic rings. The lowest BCUT2D eigenvalue weighted by Gasteiger charge is -2.16. The standard InChI is InChI=1S/C4H11NO2.C3H9NO/c1-4(5,2-6)3-7;4-2-1-3-5/h6-7H,2-3,5H2,1H3;5H,1-4H2. The van der Waals surface area contributed by atoms with Crippen molar-refractivity contribution in [2.24, 2.45) is 11.5 Å². The Morgan fingerprint density at radius 3 is 1.58 bits per heavy atom. The zero-order valence-electron chi connectivity index (χ0n) is 7.53. The van der Waals surface area contributed by atoms with Gasteiger partial charge in [-0.1, -0.05) is 0 Å². The van der Waals surface area contributed by atoms with Crippen molar-refractivity contribution < 1.29 is 15.3 Å². The lowest BCUT2D eigenvalue weighted by Crippen LogP contribution is -2.43. The van der Waals surface area contributed by atoms with Crippen molar-refractivity contribution in [3.63, 3.8) is 0 Å². The first-order valence-electron chi connectivity index (χ1n) is 3.85. The topological polar surface area (TPSA) is 113 Å². The summed E-state index contributed by atoms with van der Waals surface area (Å²) in [7, 11) is 0. The van der Waals surface area contributed by atoms with Crippen LogP contribution in [-0.4, -0.2) is 47.2 Å². The molecule has 0 aliphatic heterocycles. The third kappa shape index (κ3) is 12.5. The molecule has 0 saturated carbocycles. The molecule has 76 valence electrons. The van der Waals surface area contributed by atoms with E-state index in [1.54, 1.807) is 6.92 Å². The predicted octanol–water partition coefficient (Wildman–Crippen LogP) is -1.98. The Bertz CT molecular complexity index is 80.7. The molecule has 0 amide bonds. The maximum absolute atomic E-state index is 8.31. The zero-order chi connectivity index (χ0) is 10.0. The SMILES string of the molecule is CC(N)(CO)CO.NCCCO. The third-order valence-corrected chi connectivity index (χ3v) is 1.08. The van der Waals surface area contributed by atoms with Gasteiger partial charge in [-0.25, -0.2) is 0 Å². The van der Waals surface area contributed by atoms with Crippen LogP contribution in [0.2, 0.25) is 0 Å². The Hall–Kier alpha value is -0.200. The Morgan fingerprint density at radius 2 is 1.58 bits per heavy atom. The van der Waals surface area contributed by atoms with Crippen molar-refractivity contribution >= 4 is 0 Å². The minimum absolute atomic E-state index is 0.177. The summed E-state index contributed by atoms with van der Waals surface area (Å²) >= 11 is 0. The highest BCUT2D eigenvalue weighted by Crippen LogP contribution is 1.91. The van der Waals surface area contributed by atoms with Crippen molar-refractivity contribution in [3.8, 4) is 0 Å². The number of nitrogens with two attached hydrogens (primary N) is 2. The van der Waals surface area contributed by atoms with Gasteiger partial charge in [0.1, 0.15) is 0 Å². The predicted molar refractivity (Wildman–Crippen MR) is 47.5 cm³/mol. The fourth-order valence-electron chi connectivity index (χ4n) is 0.141. The van der Waals surface area contributed by atoms with Gasteiger partial charge in [-0.05, 0) is 19.9 Å². The van der Waals surface area contributed by atoms with Gasteiger partial charge in [0.15, 0.2) is 0 Å². The molecule has 5 heteroatoms. The molecule has 0 aliphatic carbocycles. The highest BCUT2D eigenvalue weighted by molar-refractivity contribution is 4.74. The fraction of sp³-hybridized carbons (Fsp3) is 1.00. The van der Waals surface area contributed by atoms with Crippen LogP contribution in [0.3, 0.4) is 0 Å². The molecule has 7 N–H and O–H groups in total. The van der Waals surface area contributed by atoms with Crippen molar-refractivity contribution in [1.29, 1.82) is 0 Å². The molecule has 0 atom stereocenters. The average Bonchev–Trinajstić information content (AvgIpc) is 2.07. The summed E-state index contributed by atoms with van der Waals surface area (Å²) in [5.41, 5.74) is 9.39. The van der Waals surface area contributed by atoms with Gasteiger partial charge < -0.3 is 26.8 Å². The largest absolute Gasteiger partial charge is 0.396 e. The summed E-state index contributed by atoms with van der Waals surface area (Å²) in [6, 6.07) is 0. The highest BCUT2D eigenvalue weighted by atomic mass is 16.3. The summed E-state index contributed by atoms with van der Waals surface area (Å²) in [5.74, 6) is 0. The molecular formula is C7H20N2O3. The number of hydrogen-bond donors (Lipinski definition) is 5. The zero-order valence-corrected chi connectivity index (χ0v) is 7.53. The Morgan fingerprint density at radius 1 is 1.17 bits per heavy atom. The Labute approximate surface area is 73.0 Å². The van der Waals surface area contributed by atoms with E-state index >= 15 is 0 Å². The molecule has 12 heavy (non-hydrogen) atoms. The number of rotatable bonds is 4. The van der Waals surface area contributed by atoms with Crippen LogP contribution in [0.4, 0.5) is 0 Å². The van der Waals surface area contributed by atoms with Crippen LogP contribution in [0, 0.1) is 0 Å². The normalized spacial score (nSPS) is 10.5. The van der Waals surface area contributed by atoms with Crippen LogP contribution in [-0.2, 0) is 0 Å². The molecular weight excluding hydrogens is 160 g/mol. The van der Waals surface area contributed by atoms with Crippen LogP contribution in [0.25, 0.3) is 0 Å². The van der Waals surface area contributed by atoms with Crippen LogP contribution >= 0.6 is 0 Å². The summed E-state index contributed by atoms with van der Waals surface area (Å²) in [6.07, 6.45) is 0.722. The summed E-state index contributed by atoms with van der Waals surface area (Å²) < 4.78 is 0. The van der Waals surface area contributed by atoms with Gasteiger partial charge >= 0.3 is 0 Å². The smallest absolute Gasteiger partial charge is 0.0631 e. The van der Waals surface area contributed by atoms with E-state index in [-0.39, 0.29) is 19.8 Å². The lowest BCUT2D eigenvalue weighted by atomic mass is 10.1. The van der Waals surface area contributed by atoms with E-state index in [9.17, 15) is 0 Å². The first-order valence-corrected chi connectivity index (χ1v) is 3.85. The summed E-state index contributed by atoms with van der Waals surface area (Å²) in [4.78, 5) is 0. The molecule has 0 bridgehead atoms. The van der Waals surface area contributed by atoms with Crippen LogP contribution in [0.1, 0.15) is 13.3 Å². The number of aliphatic hydroxyl groups is 3. The molecule has 0 rings (SSSR count). The molecule has 0 radical (unpaired) electrons. The second kappa shape index (κ2) is 8.89. The maximum Gasteiger partial charge on any atom is 0.0631 e. The minimum Gasteiger partial charge on any atom is -0.396 e. The first kappa shape index (κ1) is 14.3. The monoisotopic (exact) mass is 180 g/mol. The van der Waals surface area contributed by atoms with Crippen molar-refractivity contribution in [2.45, 2.75) is 18.9 Å².